The van der Waals surface area contributed by atoms with Crippen LogP contribution in [-0.4, -0.2) is 36.2 Å². The topological polar surface area (TPSA) is 59.5 Å². The summed E-state index contributed by atoms with van der Waals surface area (Å²) >= 11 is 0. The molecule has 25 heavy (non-hydrogen) atoms. The molecule has 6 nitrogen and oxygen atoms in total. The van der Waals surface area contributed by atoms with E-state index >= 15 is 0 Å². The number of nitrogens with zero attached hydrogens (tertiary/aromatic N) is 3. The number of hydrogen-bond acceptors (Lipinski definition) is 6. The fourth-order valence-electron chi connectivity index (χ4n) is 3.32. The molecule has 1 N–H and O–H groups in total. The van der Waals surface area contributed by atoms with Crippen molar-refractivity contribution >= 4 is 5.82 Å². The van der Waals surface area contributed by atoms with Crippen molar-refractivity contribution in [2.45, 2.75) is 32.4 Å². The molecule has 0 aliphatic carbocycles. The zero-order chi connectivity index (χ0) is 16.9. The highest BCUT2D eigenvalue weighted by molar-refractivity contribution is 5.47. The van der Waals surface area contributed by atoms with Crippen LogP contribution in [0.15, 0.2) is 30.5 Å². The fourth-order valence-corrected chi connectivity index (χ4v) is 3.32. The molecule has 1 saturated heterocycles. The second-order valence-corrected chi connectivity index (χ2v) is 6.46. The zero-order valence-corrected chi connectivity index (χ0v) is 14.4. The molecule has 0 radical (unpaired) electrons. The monoisotopic (exact) mass is 340 g/mol. The first-order chi connectivity index (χ1) is 12.4. The largest absolute Gasteiger partial charge is 0.476 e. The third-order valence-electron chi connectivity index (χ3n) is 4.65. The quantitative estimate of drug-likeness (QED) is 0.923. The van der Waals surface area contributed by atoms with Gasteiger partial charge in [0.05, 0.1) is 0 Å². The van der Waals surface area contributed by atoms with Crippen LogP contribution in [0, 0.1) is 0 Å². The van der Waals surface area contributed by atoms with E-state index in [1.165, 1.54) is 19.3 Å². The molecule has 0 amide bonds. The van der Waals surface area contributed by atoms with Crippen molar-refractivity contribution < 1.29 is 9.47 Å². The van der Waals surface area contributed by atoms with E-state index in [1.54, 1.807) is 0 Å². The van der Waals surface area contributed by atoms with Gasteiger partial charge in [-0.2, -0.15) is 4.98 Å². The Morgan fingerprint density at radius 1 is 1.16 bits per heavy atom. The van der Waals surface area contributed by atoms with Crippen LogP contribution in [0.4, 0.5) is 5.82 Å². The summed E-state index contributed by atoms with van der Waals surface area (Å²) in [6, 6.07) is 7.98. The minimum absolute atomic E-state index is 0.462. The molecule has 0 unspecified atom stereocenters. The molecule has 2 aromatic rings. The van der Waals surface area contributed by atoms with Crippen molar-refractivity contribution in [3.8, 4) is 11.8 Å². The molecule has 4 rings (SSSR count). The van der Waals surface area contributed by atoms with Crippen molar-refractivity contribution in [3.05, 3.63) is 41.6 Å². The number of aromatic nitrogens is 2. The Hall–Kier alpha value is -2.34. The Balaban J connectivity index is 1.47. The fraction of sp³-hybridized carbons (Fsp3) is 0.474. The molecule has 0 spiro atoms. The molecule has 4 heterocycles. The highest BCUT2D eigenvalue weighted by Crippen LogP contribution is 2.25. The summed E-state index contributed by atoms with van der Waals surface area (Å²) in [5, 5.41) is 3.30. The van der Waals surface area contributed by atoms with E-state index in [2.05, 4.69) is 26.3 Å². The smallest absolute Gasteiger partial charge is 0.221 e. The minimum Gasteiger partial charge on any atom is -0.476 e. The van der Waals surface area contributed by atoms with Crippen molar-refractivity contribution in [1.82, 2.24) is 15.3 Å². The van der Waals surface area contributed by atoms with Crippen molar-refractivity contribution in [2.24, 2.45) is 0 Å². The van der Waals surface area contributed by atoms with Gasteiger partial charge in [-0.1, -0.05) is 6.07 Å². The van der Waals surface area contributed by atoms with E-state index < -0.39 is 0 Å². The van der Waals surface area contributed by atoms with Gasteiger partial charge in [0.1, 0.15) is 19.0 Å². The number of rotatable bonds is 4. The van der Waals surface area contributed by atoms with E-state index in [9.17, 15) is 0 Å². The van der Waals surface area contributed by atoms with E-state index in [4.69, 9.17) is 9.47 Å². The van der Waals surface area contributed by atoms with E-state index in [0.717, 1.165) is 43.1 Å². The van der Waals surface area contributed by atoms with Crippen LogP contribution in [0.1, 0.15) is 30.4 Å². The Morgan fingerprint density at radius 2 is 2.08 bits per heavy atom. The number of fused-ring (bicyclic) bond motifs is 1. The molecule has 0 saturated carbocycles. The third kappa shape index (κ3) is 3.85. The first-order valence-electron chi connectivity index (χ1n) is 9.05. The van der Waals surface area contributed by atoms with Gasteiger partial charge in [-0.05, 0) is 31.4 Å². The summed E-state index contributed by atoms with van der Waals surface area (Å²) in [6.07, 6.45) is 5.63. The maximum Gasteiger partial charge on any atom is 0.221 e. The van der Waals surface area contributed by atoms with E-state index in [1.807, 2.05) is 24.4 Å². The molecule has 2 aromatic heterocycles. The molecule has 2 aliphatic rings. The summed E-state index contributed by atoms with van der Waals surface area (Å²) in [6.45, 7) is 4.85. The summed E-state index contributed by atoms with van der Waals surface area (Å²) in [4.78, 5) is 11.5. The predicted molar refractivity (Wildman–Crippen MR) is 96.1 cm³/mol. The lowest BCUT2D eigenvalue weighted by molar-refractivity contribution is 0.276. The van der Waals surface area contributed by atoms with Crippen LogP contribution >= 0.6 is 0 Å². The van der Waals surface area contributed by atoms with Gasteiger partial charge >= 0.3 is 0 Å². The van der Waals surface area contributed by atoms with Gasteiger partial charge in [-0.15, -0.1) is 0 Å². The highest BCUT2D eigenvalue weighted by atomic mass is 16.5. The SMILES string of the molecule is c1cnc(N2CCCCC2)c(COc2ccc3c(n2)OCCNC3)c1. The van der Waals surface area contributed by atoms with E-state index in [-0.39, 0.29) is 0 Å². The zero-order valence-electron chi connectivity index (χ0n) is 14.4. The molecule has 2 aliphatic heterocycles. The number of nitrogens with one attached hydrogen (secondary N) is 1. The third-order valence-corrected chi connectivity index (χ3v) is 4.65. The first kappa shape index (κ1) is 16.1. The minimum atomic E-state index is 0.462. The van der Waals surface area contributed by atoms with Gasteiger partial charge in [0.15, 0.2) is 0 Å². The lowest BCUT2D eigenvalue weighted by Crippen LogP contribution is -2.31. The van der Waals surface area contributed by atoms with Crippen LogP contribution in [0.5, 0.6) is 11.8 Å². The predicted octanol–water partition coefficient (Wildman–Crippen LogP) is 2.53. The number of anilines is 1. The lowest BCUT2D eigenvalue weighted by Gasteiger charge is -2.29. The van der Waals surface area contributed by atoms with Crippen molar-refractivity contribution in [1.29, 1.82) is 0 Å². The van der Waals surface area contributed by atoms with Crippen LogP contribution in [-0.2, 0) is 13.2 Å². The highest BCUT2D eigenvalue weighted by Gasteiger charge is 2.16. The van der Waals surface area contributed by atoms with Gasteiger partial charge in [0, 0.05) is 49.6 Å². The summed E-state index contributed by atoms with van der Waals surface area (Å²) in [5.74, 6) is 2.30. The molecule has 0 atom stereocenters. The van der Waals surface area contributed by atoms with Gasteiger partial charge in [-0.25, -0.2) is 4.98 Å². The Labute approximate surface area is 148 Å². The second-order valence-electron chi connectivity index (χ2n) is 6.46. The molecule has 1 fully saturated rings. The van der Waals surface area contributed by atoms with E-state index in [0.29, 0.717) is 25.0 Å². The Morgan fingerprint density at radius 3 is 3.00 bits per heavy atom. The molecule has 6 heteroatoms. The number of pyridine rings is 2. The number of hydrogen-bond donors (Lipinski definition) is 1. The lowest BCUT2D eigenvalue weighted by atomic mass is 10.1. The Kier molecular flexibility index (Phi) is 4.97. The number of ether oxygens (including phenoxy) is 2. The van der Waals surface area contributed by atoms with Crippen LogP contribution in [0.2, 0.25) is 0 Å². The normalized spacial score (nSPS) is 17.4. The van der Waals surface area contributed by atoms with Gasteiger partial charge in [-0.3, -0.25) is 0 Å². The summed E-state index contributed by atoms with van der Waals surface area (Å²) in [5.41, 5.74) is 2.17. The molecule has 0 aromatic carbocycles. The average molecular weight is 340 g/mol. The number of piperidine rings is 1. The van der Waals surface area contributed by atoms with Gasteiger partial charge in [0.2, 0.25) is 11.8 Å². The maximum atomic E-state index is 5.95. The first-order valence-corrected chi connectivity index (χ1v) is 9.05. The summed E-state index contributed by atoms with van der Waals surface area (Å²) < 4.78 is 11.6. The summed E-state index contributed by atoms with van der Waals surface area (Å²) in [7, 11) is 0. The standard InChI is InChI=1S/C19H24N4O2/c1-2-10-23(11-3-1)18-16(5-4-8-21-18)14-25-17-7-6-15-13-20-9-12-24-19(15)22-17/h4-8,20H,1-3,9-14H2. The van der Waals surface area contributed by atoms with Crippen molar-refractivity contribution in [2.75, 3.05) is 31.1 Å². The average Bonchev–Trinajstić information content (AvgIpc) is 2.92. The van der Waals surface area contributed by atoms with Crippen LogP contribution < -0.4 is 19.7 Å². The molecule has 132 valence electrons. The van der Waals surface area contributed by atoms with Gasteiger partial charge < -0.3 is 19.7 Å². The maximum absolute atomic E-state index is 5.95. The van der Waals surface area contributed by atoms with Crippen LogP contribution in [0.3, 0.4) is 0 Å². The second kappa shape index (κ2) is 7.70. The van der Waals surface area contributed by atoms with Crippen molar-refractivity contribution in [3.63, 3.8) is 0 Å². The molecular weight excluding hydrogens is 316 g/mol. The molecular formula is C19H24N4O2. The van der Waals surface area contributed by atoms with Gasteiger partial charge in [0.25, 0.3) is 0 Å². The Bertz CT molecular complexity index is 716. The van der Waals surface area contributed by atoms with Crippen LogP contribution in [0.25, 0.3) is 0 Å². The molecule has 0 bridgehead atoms.